The molecule has 3 heteroatoms. The molecule has 20 heavy (non-hydrogen) atoms. The largest absolute Gasteiger partial charge is 0.508 e. The molecule has 2 N–H and O–H groups in total. The normalized spacial score (nSPS) is 12.4. The zero-order valence-corrected chi connectivity index (χ0v) is 12.3. The molecule has 0 aliphatic rings. The number of rotatable bonds is 5. The molecule has 0 amide bonds. The smallest absolute Gasteiger partial charge is 0.115 e. The Bertz CT molecular complexity index is 549. The summed E-state index contributed by atoms with van der Waals surface area (Å²) in [6, 6.07) is 16.0. The maximum Gasteiger partial charge on any atom is 0.115 e. The van der Waals surface area contributed by atoms with Gasteiger partial charge >= 0.3 is 0 Å². The minimum atomic E-state index is 0.154. The molecule has 0 heterocycles. The van der Waals surface area contributed by atoms with Crippen molar-refractivity contribution in [3.05, 3.63) is 59.7 Å². The molecule has 0 radical (unpaired) electrons. The number of hydrogen-bond acceptors (Lipinski definition) is 3. The molecule has 2 rings (SSSR count). The van der Waals surface area contributed by atoms with E-state index in [4.69, 9.17) is 0 Å². The van der Waals surface area contributed by atoms with Crippen molar-refractivity contribution < 1.29 is 5.11 Å². The predicted octanol–water partition coefficient (Wildman–Crippen LogP) is 3.63. The van der Waals surface area contributed by atoms with Gasteiger partial charge in [0.2, 0.25) is 0 Å². The highest BCUT2D eigenvalue weighted by atomic mass is 16.3. The molecule has 0 saturated carbocycles. The number of phenolic OH excluding ortho intramolecular Hbond substituents is 1. The molecule has 1 atom stereocenters. The van der Waals surface area contributed by atoms with Crippen molar-refractivity contribution in [2.75, 3.05) is 19.4 Å². The van der Waals surface area contributed by atoms with Crippen LogP contribution < -0.4 is 5.32 Å². The maximum atomic E-state index is 9.52. The second-order valence-corrected chi connectivity index (χ2v) is 5.40. The summed E-state index contributed by atoms with van der Waals surface area (Å²) in [5.74, 6) is 0.303. The van der Waals surface area contributed by atoms with Gasteiger partial charge < -0.3 is 15.3 Å². The van der Waals surface area contributed by atoms with Crippen LogP contribution in [0.4, 0.5) is 5.69 Å². The number of nitrogens with zero attached hydrogens (tertiary/aromatic N) is 1. The molecular formula is C17H22N2O. The van der Waals surface area contributed by atoms with Gasteiger partial charge in [-0.05, 0) is 56.4 Å². The van der Waals surface area contributed by atoms with Crippen molar-refractivity contribution in [2.45, 2.75) is 19.5 Å². The summed E-state index contributed by atoms with van der Waals surface area (Å²) in [7, 11) is 4.13. The van der Waals surface area contributed by atoms with Crippen molar-refractivity contribution in [3.8, 4) is 5.75 Å². The first-order valence-electron chi connectivity index (χ1n) is 6.84. The van der Waals surface area contributed by atoms with Crippen molar-refractivity contribution >= 4 is 5.69 Å². The molecule has 2 aromatic rings. The molecule has 106 valence electrons. The predicted molar refractivity (Wildman–Crippen MR) is 84.0 cm³/mol. The molecule has 1 unspecified atom stereocenters. The van der Waals surface area contributed by atoms with E-state index in [0.717, 1.165) is 17.8 Å². The Morgan fingerprint density at radius 1 is 1.10 bits per heavy atom. The molecule has 0 aromatic heterocycles. The molecule has 3 nitrogen and oxygen atoms in total. The third-order valence-corrected chi connectivity index (χ3v) is 3.21. The van der Waals surface area contributed by atoms with Gasteiger partial charge in [0.05, 0.1) is 0 Å². The van der Waals surface area contributed by atoms with Crippen molar-refractivity contribution in [1.82, 2.24) is 4.90 Å². The first-order valence-corrected chi connectivity index (χ1v) is 6.84. The summed E-state index contributed by atoms with van der Waals surface area (Å²) in [6.07, 6.45) is 0. The van der Waals surface area contributed by atoms with Gasteiger partial charge in [0.25, 0.3) is 0 Å². The van der Waals surface area contributed by atoms with Gasteiger partial charge in [0.15, 0.2) is 0 Å². The lowest BCUT2D eigenvalue weighted by Gasteiger charge is -2.17. The van der Waals surface area contributed by atoms with Crippen LogP contribution in [0.1, 0.15) is 24.1 Å². The molecule has 0 aliphatic carbocycles. The number of phenols is 1. The van der Waals surface area contributed by atoms with E-state index in [1.165, 1.54) is 5.56 Å². The Labute approximate surface area is 120 Å². The summed E-state index contributed by atoms with van der Waals surface area (Å²) >= 11 is 0. The number of anilines is 1. The van der Waals surface area contributed by atoms with Gasteiger partial charge in [-0.25, -0.2) is 0 Å². The van der Waals surface area contributed by atoms with Crippen LogP contribution in [0.3, 0.4) is 0 Å². The van der Waals surface area contributed by atoms with E-state index < -0.39 is 0 Å². The summed E-state index contributed by atoms with van der Waals surface area (Å²) in [6.45, 7) is 3.03. The Hall–Kier alpha value is -2.00. The van der Waals surface area contributed by atoms with Crippen LogP contribution in [-0.2, 0) is 6.54 Å². The number of nitrogens with one attached hydrogen (secondary N) is 1. The molecule has 0 spiro atoms. The van der Waals surface area contributed by atoms with E-state index in [0.29, 0.717) is 5.75 Å². The standard InChI is InChI=1S/C17H22N2O/c1-13(15-5-4-6-17(20)11-15)18-16-9-7-14(8-10-16)12-19(2)3/h4-11,13,18,20H,12H2,1-3H3. The third-order valence-electron chi connectivity index (χ3n) is 3.21. The minimum absolute atomic E-state index is 0.154. The Kier molecular flexibility index (Phi) is 4.64. The van der Waals surface area contributed by atoms with Crippen molar-refractivity contribution in [2.24, 2.45) is 0 Å². The second kappa shape index (κ2) is 6.44. The zero-order chi connectivity index (χ0) is 14.5. The molecule has 0 aliphatic heterocycles. The summed E-state index contributed by atoms with van der Waals surface area (Å²) < 4.78 is 0. The Morgan fingerprint density at radius 3 is 2.40 bits per heavy atom. The highest BCUT2D eigenvalue weighted by molar-refractivity contribution is 5.47. The lowest BCUT2D eigenvalue weighted by molar-refractivity contribution is 0.402. The number of aromatic hydroxyl groups is 1. The molecule has 0 saturated heterocycles. The fourth-order valence-corrected chi connectivity index (χ4v) is 2.20. The van der Waals surface area contributed by atoms with Crippen LogP contribution in [-0.4, -0.2) is 24.1 Å². The van der Waals surface area contributed by atoms with Crippen LogP contribution in [0.15, 0.2) is 48.5 Å². The number of hydrogen-bond donors (Lipinski definition) is 2. The summed E-state index contributed by atoms with van der Waals surface area (Å²) in [4.78, 5) is 2.15. The topological polar surface area (TPSA) is 35.5 Å². The van der Waals surface area contributed by atoms with E-state index in [-0.39, 0.29) is 6.04 Å². The quantitative estimate of drug-likeness (QED) is 0.871. The summed E-state index contributed by atoms with van der Waals surface area (Å²) in [5.41, 5.74) is 3.45. The maximum absolute atomic E-state index is 9.52. The Balaban J connectivity index is 2.02. The lowest BCUT2D eigenvalue weighted by Crippen LogP contribution is -2.11. The van der Waals surface area contributed by atoms with Crippen LogP contribution in [0.2, 0.25) is 0 Å². The van der Waals surface area contributed by atoms with E-state index in [1.807, 2.05) is 12.1 Å². The fraction of sp³-hybridized carbons (Fsp3) is 0.294. The van der Waals surface area contributed by atoms with Crippen LogP contribution in [0, 0.1) is 0 Å². The second-order valence-electron chi connectivity index (χ2n) is 5.40. The first kappa shape index (κ1) is 14.4. The van der Waals surface area contributed by atoms with Crippen LogP contribution in [0.25, 0.3) is 0 Å². The van der Waals surface area contributed by atoms with Crippen molar-refractivity contribution in [1.29, 1.82) is 0 Å². The van der Waals surface area contributed by atoms with E-state index in [1.54, 1.807) is 12.1 Å². The van der Waals surface area contributed by atoms with Crippen molar-refractivity contribution in [3.63, 3.8) is 0 Å². The minimum Gasteiger partial charge on any atom is -0.508 e. The van der Waals surface area contributed by atoms with Gasteiger partial charge in [-0.15, -0.1) is 0 Å². The molecule has 0 fully saturated rings. The van der Waals surface area contributed by atoms with Gasteiger partial charge in [-0.2, -0.15) is 0 Å². The molecule has 2 aromatic carbocycles. The SMILES string of the molecule is CC(Nc1ccc(CN(C)C)cc1)c1cccc(O)c1. The average Bonchev–Trinajstić information content (AvgIpc) is 2.40. The van der Waals surface area contributed by atoms with E-state index >= 15 is 0 Å². The first-order chi connectivity index (χ1) is 9.54. The van der Waals surface area contributed by atoms with Gasteiger partial charge in [-0.3, -0.25) is 0 Å². The lowest BCUT2D eigenvalue weighted by atomic mass is 10.1. The van der Waals surface area contributed by atoms with Gasteiger partial charge in [0.1, 0.15) is 5.75 Å². The highest BCUT2D eigenvalue weighted by Gasteiger charge is 2.06. The van der Waals surface area contributed by atoms with E-state index in [9.17, 15) is 5.11 Å². The summed E-state index contributed by atoms with van der Waals surface area (Å²) in [5, 5.41) is 13.0. The fourth-order valence-electron chi connectivity index (χ4n) is 2.20. The zero-order valence-electron chi connectivity index (χ0n) is 12.3. The van der Waals surface area contributed by atoms with Crippen LogP contribution >= 0.6 is 0 Å². The van der Waals surface area contributed by atoms with Gasteiger partial charge in [-0.1, -0.05) is 24.3 Å². The van der Waals surface area contributed by atoms with Gasteiger partial charge in [0, 0.05) is 18.3 Å². The Morgan fingerprint density at radius 2 is 1.80 bits per heavy atom. The monoisotopic (exact) mass is 270 g/mol. The van der Waals surface area contributed by atoms with Crippen LogP contribution in [0.5, 0.6) is 5.75 Å². The van der Waals surface area contributed by atoms with E-state index in [2.05, 4.69) is 55.5 Å². The molecular weight excluding hydrogens is 248 g/mol. The molecule has 0 bridgehead atoms. The highest BCUT2D eigenvalue weighted by Crippen LogP contribution is 2.22. The third kappa shape index (κ3) is 4.00. The average molecular weight is 270 g/mol. The number of benzene rings is 2.